The van der Waals surface area contributed by atoms with Crippen molar-refractivity contribution in [2.75, 3.05) is 25.4 Å². The van der Waals surface area contributed by atoms with Crippen LogP contribution in [0.5, 0.6) is 11.5 Å². The molecule has 2 heterocycles. The van der Waals surface area contributed by atoms with Gasteiger partial charge in [0.15, 0.2) is 11.5 Å². The average Bonchev–Trinajstić information content (AvgIpc) is 2.76. The number of para-hydroxylation sites is 1. The van der Waals surface area contributed by atoms with Gasteiger partial charge in [0.1, 0.15) is 0 Å². The van der Waals surface area contributed by atoms with E-state index in [1.54, 1.807) is 33.8 Å². The minimum Gasteiger partial charge on any atom is -0.493 e. The fourth-order valence-electron chi connectivity index (χ4n) is 3.79. The molecular weight excluding hydrogens is 440 g/mol. The molecule has 0 fully saturated rings. The van der Waals surface area contributed by atoms with Crippen molar-refractivity contribution in [2.24, 2.45) is 0 Å². The molecule has 160 valence electrons. The Hall–Kier alpha value is -3.04. The summed E-state index contributed by atoms with van der Waals surface area (Å²) in [5.41, 5.74) is 1.88. The van der Waals surface area contributed by atoms with Crippen molar-refractivity contribution in [1.82, 2.24) is 10.1 Å². The summed E-state index contributed by atoms with van der Waals surface area (Å²) in [4.78, 5) is 30.3. The number of halogens is 1. The van der Waals surface area contributed by atoms with E-state index in [2.05, 4.69) is 10.1 Å². The monoisotopic (exact) mass is 459 g/mol. The summed E-state index contributed by atoms with van der Waals surface area (Å²) in [5.74, 6) is 0.575. The maximum Gasteiger partial charge on any atom is 0.325 e. The van der Waals surface area contributed by atoms with Gasteiger partial charge in [-0.05, 0) is 35.2 Å². The van der Waals surface area contributed by atoms with Crippen LogP contribution >= 0.6 is 23.4 Å². The van der Waals surface area contributed by atoms with Crippen molar-refractivity contribution in [1.29, 1.82) is 0 Å². The lowest BCUT2D eigenvalue weighted by atomic mass is 10.0. The standard InChI is InChI=1S/C21H19ClN4O4S/c1-11(27)25-15-8-6-5-7-13(15)17-19(28)23-21(31-4)24-26(17)20(25)12-9-14(22)18(30-3)16(10-12)29-2/h5-10,20H,1-4H3/p+1. The molecule has 0 bridgehead atoms. The number of thioether (sulfide) groups is 1. The summed E-state index contributed by atoms with van der Waals surface area (Å²) in [6, 6.07) is 10.7. The van der Waals surface area contributed by atoms with Gasteiger partial charge < -0.3 is 9.47 Å². The van der Waals surface area contributed by atoms with Gasteiger partial charge in [0.25, 0.3) is 6.17 Å². The Morgan fingerprint density at radius 2 is 2.00 bits per heavy atom. The zero-order chi connectivity index (χ0) is 22.3. The highest BCUT2D eigenvalue weighted by atomic mass is 35.5. The van der Waals surface area contributed by atoms with E-state index in [-0.39, 0.29) is 11.5 Å². The number of carbonyl (C=O) groups excluding carboxylic acids is 1. The number of hydrogen-bond donors (Lipinski definition) is 1. The minimum atomic E-state index is -0.757. The molecule has 10 heteroatoms. The van der Waals surface area contributed by atoms with Crippen LogP contribution in [0.15, 0.2) is 46.3 Å². The molecular formula is C21H20ClN4O4S+. The number of aromatic amines is 1. The fraction of sp³-hybridized carbons (Fsp3) is 0.238. The minimum absolute atomic E-state index is 0.214. The Labute approximate surface area is 187 Å². The highest BCUT2D eigenvalue weighted by molar-refractivity contribution is 7.98. The van der Waals surface area contributed by atoms with Crippen molar-refractivity contribution in [3.63, 3.8) is 0 Å². The van der Waals surface area contributed by atoms with Gasteiger partial charge in [-0.25, -0.2) is 4.90 Å². The highest BCUT2D eigenvalue weighted by Crippen LogP contribution is 2.42. The van der Waals surface area contributed by atoms with Crippen LogP contribution < -0.4 is 24.6 Å². The van der Waals surface area contributed by atoms with Crippen LogP contribution in [0.2, 0.25) is 5.02 Å². The number of rotatable bonds is 4. The number of amides is 1. The van der Waals surface area contributed by atoms with Crippen molar-refractivity contribution < 1.29 is 19.0 Å². The molecule has 1 atom stereocenters. The lowest BCUT2D eigenvalue weighted by Crippen LogP contribution is -2.60. The number of carbonyl (C=O) groups is 1. The summed E-state index contributed by atoms with van der Waals surface area (Å²) in [5, 5.41) is 5.36. The number of aromatic nitrogens is 3. The van der Waals surface area contributed by atoms with Gasteiger partial charge in [0.05, 0.1) is 36.1 Å². The molecule has 1 unspecified atom stereocenters. The smallest absolute Gasteiger partial charge is 0.325 e. The fourth-order valence-corrected chi connectivity index (χ4v) is 4.45. The third kappa shape index (κ3) is 3.43. The Balaban J connectivity index is 2.09. The maximum atomic E-state index is 13.0. The SMILES string of the molecule is COc1cc(C2N(C(C)=O)c3ccccc3-c3c(=O)[nH]c(SC)n[n+]32)cc(Cl)c1OC. The number of nitrogens with zero attached hydrogens (tertiary/aromatic N) is 3. The second-order valence-electron chi connectivity index (χ2n) is 6.77. The second kappa shape index (κ2) is 8.24. The maximum absolute atomic E-state index is 13.0. The lowest BCUT2D eigenvalue weighted by molar-refractivity contribution is -0.763. The largest absolute Gasteiger partial charge is 0.493 e. The van der Waals surface area contributed by atoms with Crippen molar-refractivity contribution in [3.05, 3.63) is 57.3 Å². The number of H-pyrrole nitrogens is 1. The summed E-state index contributed by atoms with van der Waals surface area (Å²) in [6.07, 6.45) is 1.06. The predicted octanol–water partition coefficient (Wildman–Crippen LogP) is 3.03. The topological polar surface area (TPSA) is 88.4 Å². The van der Waals surface area contributed by atoms with E-state index in [0.29, 0.717) is 44.2 Å². The molecule has 3 aromatic rings. The number of nitrogens with one attached hydrogen (secondary N) is 1. The first-order valence-electron chi connectivity index (χ1n) is 9.32. The number of methoxy groups -OCH3 is 2. The van der Waals surface area contributed by atoms with Crippen LogP contribution in [-0.2, 0) is 4.79 Å². The van der Waals surface area contributed by atoms with Crippen molar-refractivity contribution >= 4 is 35.0 Å². The van der Waals surface area contributed by atoms with Crippen LogP contribution in [0.3, 0.4) is 0 Å². The second-order valence-corrected chi connectivity index (χ2v) is 7.98. The molecule has 0 saturated heterocycles. The van der Waals surface area contributed by atoms with Crippen LogP contribution in [-0.4, -0.2) is 36.5 Å². The van der Waals surface area contributed by atoms with Gasteiger partial charge >= 0.3 is 11.3 Å². The summed E-state index contributed by atoms with van der Waals surface area (Å²) in [6.45, 7) is 1.47. The predicted molar refractivity (Wildman–Crippen MR) is 118 cm³/mol. The molecule has 1 aliphatic rings. The summed E-state index contributed by atoms with van der Waals surface area (Å²) in [7, 11) is 3.00. The van der Waals surface area contributed by atoms with Gasteiger partial charge in [-0.3, -0.25) is 14.6 Å². The Bertz CT molecular complexity index is 1250. The molecule has 0 radical (unpaired) electrons. The molecule has 1 N–H and O–H groups in total. The van der Waals surface area contributed by atoms with Crippen LogP contribution in [0.25, 0.3) is 11.3 Å². The van der Waals surface area contributed by atoms with Crippen molar-refractivity contribution in [2.45, 2.75) is 18.2 Å². The number of ether oxygens (including phenoxy) is 2. The highest BCUT2D eigenvalue weighted by Gasteiger charge is 2.45. The van der Waals surface area contributed by atoms with Crippen molar-refractivity contribution in [3.8, 4) is 22.8 Å². The number of benzene rings is 2. The first kappa shape index (κ1) is 21.2. The molecule has 8 nitrogen and oxygen atoms in total. The first-order valence-corrected chi connectivity index (χ1v) is 10.9. The number of fused-ring (bicyclic) bond motifs is 3. The third-order valence-corrected chi connectivity index (χ3v) is 5.90. The normalized spacial score (nSPS) is 14.6. The van der Waals surface area contributed by atoms with Crippen LogP contribution in [0, 0.1) is 0 Å². The van der Waals surface area contributed by atoms with Gasteiger partial charge in [-0.2, -0.15) is 0 Å². The van der Waals surface area contributed by atoms with Crippen LogP contribution in [0.4, 0.5) is 5.69 Å². The molecule has 1 aromatic heterocycles. The zero-order valence-electron chi connectivity index (χ0n) is 17.3. The summed E-state index contributed by atoms with van der Waals surface area (Å²) < 4.78 is 12.4. The molecule has 4 rings (SSSR count). The van der Waals surface area contributed by atoms with E-state index >= 15 is 0 Å². The average molecular weight is 460 g/mol. The quantitative estimate of drug-likeness (QED) is 0.476. The zero-order valence-corrected chi connectivity index (χ0v) is 18.9. The Kier molecular flexibility index (Phi) is 5.63. The molecule has 0 spiro atoms. The number of anilines is 1. The van der Waals surface area contributed by atoms with E-state index in [0.717, 1.165) is 0 Å². The lowest BCUT2D eigenvalue weighted by Gasteiger charge is -2.31. The molecule has 1 aliphatic heterocycles. The Morgan fingerprint density at radius 3 is 2.65 bits per heavy atom. The molecule has 2 aromatic carbocycles. The molecule has 0 saturated carbocycles. The van der Waals surface area contributed by atoms with Gasteiger partial charge in [-0.1, -0.05) is 35.5 Å². The number of hydrogen-bond acceptors (Lipinski definition) is 6. The van der Waals surface area contributed by atoms with Gasteiger partial charge in [0, 0.05) is 12.0 Å². The van der Waals surface area contributed by atoms with E-state index in [9.17, 15) is 9.59 Å². The Morgan fingerprint density at radius 1 is 1.26 bits per heavy atom. The molecule has 1 amide bonds. The van der Waals surface area contributed by atoms with E-state index in [1.807, 2.05) is 18.4 Å². The van der Waals surface area contributed by atoms with E-state index < -0.39 is 6.17 Å². The van der Waals surface area contributed by atoms with E-state index in [4.69, 9.17) is 21.1 Å². The van der Waals surface area contributed by atoms with E-state index in [1.165, 1.54) is 32.9 Å². The van der Waals surface area contributed by atoms with Gasteiger partial charge in [-0.15, -0.1) is 0 Å². The third-order valence-electron chi connectivity index (χ3n) is 5.04. The summed E-state index contributed by atoms with van der Waals surface area (Å²) >= 11 is 7.77. The van der Waals surface area contributed by atoms with Gasteiger partial charge in [0.2, 0.25) is 11.1 Å². The van der Waals surface area contributed by atoms with Crippen LogP contribution in [0.1, 0.15) is 18.7 Å². The first-order chi connectivity index (χ1) is 14.9. The molecule has 31 heavy (non-hydrogen) atoms. The molecule has 0 aliphatic carbocycles.